The second kappa shape index (κ2) is 15.0. The van der Waals surface area contributed by atoms with Crippen LogP contribution < -0.4 is 0 Å². The Kier molecular flexibility index (Phi) is 10.5. The van der Waals surface area contributed by atoms with E-state index in [4.69, 9.17) is 23.8 Å². The van der Waals surface area contributed by atoms with E-state index in [1.54, 1.807) is 121 Å². The van der Waals surface area contributed by atoms with Gasteiger partial charge in [-0.1, -0.05) is 93.9 Å². The molecule has 228 valence electrons. The van der Waals surface area contributed by atoms with Gasteiger partial charge in [0.15, 0.2) is 17.2 Å². The van der Waals surface area contributed by atoms with Gasteiger partial charge in [-0.3, -0.25) is 0 Å². The number of alkyl halides is 1. The molecule has 1 aliphatic heterocycles. The first-order valence-electron chi connectivity index (χ1n) is 13.8. The van der Waals surface area contributed by atoms with Gasteiger partial charge >= 0.3 is 23.9 Å². The number of hydrogen-bond acceptors (Lipinski definition) is 10. The molecule has 1 heterocycles. The van der Waals surface area contributed by atoms with E-state index in [-0.39, 0.29) is 29.0 Å². The largest absolute Gasteiger partial charge is 0.459 e. The number of nitrogens with zero attached hydrogens (tertiary/aromatic N) is 1. The maximum absolute atomic E-state index is 13.3. The molecule has 0 unspecified atom stereocenters. The quantitative estimate of drug-likeness (QED) is 0.0732. The first kappa shape index (κ1) is 31.3. The van der Waals surface area contributed by atoms with Gasteiger partial charge in [-0.15, -0.1) is 0 Å². The second-order valence-electron chi connectivity index (χ2n) is 9.64. The van der Waals surface area contributed by atoms with E-state index in [0.717, 1.165) is 0 Å². The van der Waals surface area contributed by atoms with Crippen molar-refractivity contribution < 1.29 is 43.0 Å². The van der Waals surface area contributed by atoms with Crippen LogP contribution in [-0.4, -0.2) is 59.5 Å². The Morgan fingerprint density at radius 1 is 0.600 bits per heavy atom. The highest BCUT2D eigenvalue weighted by molar-refractivity contribution is 9.09. The minimum absolute atomic E-state index is 0.111. The third-order valence-electron chi connectivity index (χ3n) is 6.61. The summed E-state index contributed by atoms with van der Waals surface area (Å²) in [4.78, 5) is 57.3. The average molecular weight is 672 g/mol. The first-order valence-corrected chi connectivity index (χ1v) is 14.7. The van der Waals surface area contributed by atoms with Gasteiger partial charge in [0.2, 0.25) is 0 Å². The maximum Gasteiger partial charge on any atom is 0.365 e. The van der Waals surface area contributed by atoms with Crippen LogP contribution in [0.15, 0.2) is 126 Å². The topological polar surface area (TPSA) is 127 Å². The molecule has 1 fully saturated rings. The standard InChI is InChI=1S/C34H26BrNO9/c35-30-27(36-45-34(40)25-19-11-4-12-20-25)29(44-33(39)24-17-9-3-10-18-24)28(43-32(38)23-15-7-2-8-16-23)26(42-30)21-41-31(37)22-13-5-1-6-14-22/h1-20,26,28-30H,21H2/b36-27+/t26-,28-,29+,30+/m1/s1. The van der Waals surface area contributed by atoms with Crippen LogP contribution in [0.4, 0.5) is 0 Å². The van der Waals surface area contributed by atoms with Crippen molar-refractivity contribution in [3.05, 3.63) is 144 Å². The van der Waals surface area contributed by atoms with Gasteiger partial charge in [-0.2, -0.15) is 0 Å². The lowest BCUT2D eigenvalue weighted by molar-refractivity contribution is -0.119. The zero-order valence-corrected chi connectivity index (χ0v) is 25.1. The number of ether oxygens (including phenoxy) is 4. The molecule has 4 aromatic carbocycles. The fourth-order valence-electron chi connectivity index (χ4n) is 4.35. The maximum atomic E-state index is 13.3. The lowest BCUT2D eigenvalue weighted by Gasteiger charge is -2.39. The van der Waals surface area contributed by atoms with E-state index in [9.17, 15) is 19.2 Å². The lowest BCUT2D eigenvalue weighted by Crippen LogP contribution is -2.58. The first-order chi connectivity index (χ1) is 21.9. The van der Waals surface area contributed by atoms with E-state index in [1.165, 1.54) is 0 Å². The van der Waals surface area contributed by atoms with Crippen LogP contribution in [0.5, 0.6) is 0 Å². The smallest absolute Gasteiger partial charge is 0.365 e. The van der Waals surface area contributed by atoms with E-state index >= 15 is 0 Å². The molecular weight excluding hydrogens is 646 g/mol. The highest BCUT2D eigenvalue weighted by Gasteiger charge is 2.49. The summed E-state index contributed by atoms with van der Waals surface area (Å²) in [7, 11) is 0. The summed E-state index contributed by atoms with van der Waals surface area (Å²) in [6.07, 6.45) is -3.98. The number of carbonyl (C=O) groups is 4. The van der Waals surface area contributed by atoms with E-state index in [2.05, 4.69) is 21.1 Å². The molecule has 4 atom stereocenters. The predicted octanol–water partition coefficient (Wildman–Crippen LogP) is 5.63. The molecule has 0 radical (unpaired) electrons. The van der Waals surface area contributed by atoms with Crippen LogP contribution in [0, 0.1) is 0 Å². The van der Waals surface area contributed by atoms with Crippen LogP contribution in [0.3, 0.4) is 0 Å². The number of benzene rings is 4. The van der Waals surface area contributed by atoms with Crippen molar-refractivity contribution in [1.29, 1.82) is 0 Å². The zero-order valence-electron chi connectivity index (χ0n) is 23.6. The zero-order chi connectivity index (χ0) is 31.6. The molecule has 4 aromatic rings. The van der Waals surface area contributed by atoms with Crippen molar-refractivity contribution >= 4 is 45.5 Å². The SMILES string of the molecule is O=C(OC[C@H]1O[C@H](Br)/C(=N/OC(=O)c2ccccc2)[C@H](OC(=O)c2ccccc2)[C@@H]1OC(=O)c1ccccc1)c1ccccc1. The minimum Gasteiger partial charge on any atom is -0.459 e. The Morgan fingerprint density at radius 3 is 1.51 bits per heavy atom. The second-order valence-corrected chi connectivity index (χ2v) is 10.5. The number of carbonyl (C=O) groups excluding carboxylic acids is 4. The molecule has 45 heavy (non-hydrogen) atoms. The third-order valence-corrected chi connectivity index (χ3v) is 7.30. The predicted molar refractivity (Wildman–Crippen MR) is 165 cm³/mol. The van der Waals surface area contributed by atoms with Crippen LogP contribution in [0.2, 0.25) is 0 Å². The Balaban J connectivity index is 1.48. The molecular formula is C34H26BrNO9. The Labute approximate surface area is 266 Å². The van der Waals surface area contributed by atoms with Crippen molar-refractivity contribution in [3.8, 4) is 0 Å². The highest BCUT2D eigenvalue weighted by Crippen LogP contribution is 2.29. The Hall–Kier alpha value is -5.13. The summed E-state index contributed by atoms with van der Waals surface area (Å²) in [5.74, 6) is -2.97. The Bertz CT molecular complexity index is 1650. The number of hydrogen-bond donors (Lipinski definition) is 0. The van der Waals surface area contributed by atoms with Crippen molar-refractivity contribution in [1.82, 2.24) is 0 Å². The number of rotatable bonds is 9. The molecule has 1 saturated heterocycles. The normalized spacial score (nSPS) is 20.1. The third kappa shape index (κ3) is 8.08. The van der Waals surface area contributed by atoms with Crippen molar-refractivity contribution in [2.24, 2.45) is 5.16 Å². The van der Waals surface area contributed by atoms with E-state index in [1.807, 2.05) is 0 Å². The van der Waals surface area contributed by atoms with Gasteiger partial charge in [0, 0.05) is 0 Å². The highest BCUT2D eigenvalue weighted by atomic mass is 79.9. The summed E-state index contributed by atoms with van der Waals surface area (Å²) < 4.78 is 23.3. The van der Waals surface area contributed by atoms with Crippen molar-refractivity contribution in [2.45, 2.75) is 23.3 Å². The fourth-order valence-corrected chi connectivity index (χ4v) is 4.97. The molecule has 1 aliphatic rings. The van der Waals surface area contributed by atoms with Crippen LogP contribution in [0.1, 0.15) is 41.4 Å². The summed E-state index contributed by atoms with van der Waals surface area (Å²) >= 11 is 3.36. The summed E-state index contributed by atoms with van der Waals surface area (Å²) in [6, 6.07) is 32.7. The van der Waals surface area contributed by atoms with Gasteiger partial charge in [0.1, 0.15) is 18.4 Å². The molecule has 5 rings (SSSR count). The van der Waals surface area contributed by atoms with Gasteiger partial charge in [-0.25, -0.2) is 19.2 Å². The molecule has 0 spiro atoms. The minimum atomic E-state index is -1.44. The van der Waals surface area contributed by atoms with Gasteiger partial charge in [0.25, 0.3) is 0 Å². The molecule has 0 aromatic heterocycles. The molecule has 0 bridgehead atoms. The molecule has 0 aliphatic carbocycles. The number of oxime groups is 1. The summed E-state index contributed by atoms with van der Waals surface area (Å²) in [5, 5.41) is 2.89. The average Bonchev–Trinajstić information content (AvgIpc) is 3.09. The summed E-state index contributed by atoms with van der Waals surface area (Å²) in [6.45, 7) is -0.390. The van der Waals surface area contributed by atoms with Gasteiger partial charge in [0.05, 0.1) is 22.3 Å². The monoisotopic (exact) mass is 671 g/mol. The van der Waals surface area contributed by atoms with Crippen molar-refractivity contribution in [3.63, 3.8) is 0 Å². The van der Waals surface area contributed by atoms with Gasteiger partial charge in [-0.05, 0) is 48.5 Å². The van der Waals surface area contributed by atoms with Crippen LogP contribution in [0.25, 0.3) is 0 Å². The number of esters is 3. The number of halogens is 1. The molecule has 0 amide bonds. The lowest BCUT2D eigenvalue weighted by atomic mass is 10.00. The van der Waals surface area contributed by atoms with E-state index in [0.29, 0.717) is 5.56 Å². The molecule has 0 N–H and O–H groups in total. The van der Waals surface area contributed by atoms with E-state index < -0.39 is 47.2 Å². The van der Waals surface area contributed by atoms with Gasteiger partial charge < -0.3 is 23.8 Å². The molecule has 0 saturated carbocycles. The molecule has 10 nitrogen and oxygen atoms in total. The Morgan fingerprint density at radius 2 is 1.02 bits per heavy atom. The van der Waals surface area contributed by atoms with Crippen LogP contribution in [-0.2, 0) is 23.8 Å². The summed E-state index contributed by atoms with van der Waals surface area (Å²) in [5.41, 5.74) is 0.820. The van der Waals surface area contributed by atoms with Crippen molar-refractivity contribution in [2.75, 3.05) is 6.61 Å². The fraction of sp³-hybridized carbons (Fsp3) is 0.147. The van der Waals surface area contributed by atoms with Crippen LogP contribution >= 0.6 is 15.9 Å². The molecule has 11 heteroatoms.